The smallest absolute Gasteiger partial charge is 0.241 e. The van der Waals surface area contributed by atoms with Crippen molar-refractivity contribution in [2.45, 2.75) is 59.0 Å². The summed E-state index contributed by atoms with van der Waals surface area (Å²) in [6, 6.07) is 0. The number of nitrogens with one attached hydrogen (secondary N) is 1. The molecule has 0 bridgehead atoms. The zero-order chi connectivity index (χ0) is 15.3. The summed E-state index contributed by atoms with van der Waals surface area (Å²) in [7, 11) is 0. The van der Waals surface area contributed by atoms with Crippen molar-refractivity contribution in [3.05, 3.63) is 11.9 Å². The monoisotopic (exact) mass is 293 g/mol. The lowest BCUT2D eigenvalue weighted by Gasteiger charge is -2.31. The predicted molar refractivity (Wildman–Crippen MR) is 81.3 cm³/mol. The van der Waals surface area contributed by atoms with Gasteiger partial charge >= 0.3 is 0 Å². The molecule has 1 aliphatic carbocycles. The number of hydrogen-bond acceptors (Lipinski definition) is 4. The molecule has 118 valence electrons. The minimum Gasteiger partial charge on any atom is -0.354 e. The zero-order valence-electron chi connectivity index (χ0n) is 13.1. The van der Waals surface area contributed by atoms with Crippen LogP contribution in [0.5, 0.6) is 0 Å². The van der Waals surface area contributed by atoms with Crippen molar-refractivity contribution in [3.8, 4) is 0 Å². The lowest BCUT2D eigenvalue weighted by atomic mass is 9.78. The second kappa shape index (κ2) is 7.02. The maximum absolute atomic E-state index is 12.1. The van der Waals surface area contributed by atoms with E-state index in [9.17, 15) is 4.79 Å². The van der Waals surface area contributed by atoms with Crippen LogP contribution in [0.2, 0.25) is 0 Å². The minimum atomic E-state index is -0.00139. The normalized spacial score (nSPS) is 17.3. The Kier molecular flexibility index (Phi) is 5.33. The fourth-order valence-corrected chi connectivity index (χ4v) is 3.44. The summed E-state index contributed by atoms with van der Waals surface area (Å²) >= 11 is 0. The highest BCUT2D eigenvalue weighted by Crippen LogP contribution is 2.42. The molecule has 6 nitrogen and oxygen atoms in total. The summed E-state index contributed by atoms with van der Waals surface area (Å²) in [6.07, 6.45) is 7.93. The van der Waals surface area contributed by atoms with E-state index in [2.05, 4.69) is 29.5 Å². The van der Waals surface area contributed by atoms with E-state index >= 15 is 0 Å². The fourth-order valence-electron chi connectivity index (χ4n) is 3.44. The van der Waals surface area contributed by atoms with Crippen LogP contribution in [0.15, 0.2) is 6.20 Å². The summed E-state index contributed by atoms with van der Waals surface area (Å²) < 4.78 is 1.54. The molecule has 1 aliphatic rings. The number of nitrogens with two attached hydrogens (primary N) is 1. The van der Waals surface area contributed by atoms with Gasteiger partial charge in [-0.2, -0.15) is 0 Å². The van der Waals surface area contributed by atoms with Crippen molar-refractivity contribution in [2.24, 2.45) is 17.1 Å². The van der Waals surface area contributed by atoms with Crippen molar-refractivity contribution < 1.29 is 4.79 Å². The second-order valence-corrected chi connectivity index (χ2v) is 6.69. The van der Waals surface area contributed by atoms with Gasteiger partial charge in [0.25, 0.3) is 0 Å². The third kappa shape index (κ3) is 4.52. The number of carbonyl (C=O) groups excluding carboxylic acids is 1. The van der Waals surface area contributed by atoms with Gasteiger partial charge in [-0.15, -0.1) is 5.10 Å². The predicted octanol–water partition coefficient (Wildman–Crippen LogP) is 1.46. The molecular formula is C15H27N5O. The molecule has 6 heteroatoms. The molecule has 1 saturated carbocycles. The average Bonchev–Trinajstić information content (AvgIpc) is 3.06. The van der Waals surface area contributed by atoms with Crippen molar-refractivity contribution in [1.82, 2.24) is 20.3 Å². The lowest BCUT2D eigenvalue weighted by Crippen LogP contribution is -2.38. The summed E-state index contributed by atoms with van der Waals surface area (Å²) in [5.74, 6) is 0.668. The molecule has 1 aromatic heterocycles. The van der Waals surface area contributed by atoms with Gasteiger partial charge < -0.3 is 11.1 Å². The molecule has 1 aromatic rings. The van der Waals surface area contributed by atoms with Crippen LogP contribution in [0.3, 0.4) is 0 Å². The Morgan fingerprint density at radius 1 is 1.48 bits per heavy atom. The van der Waals surface area contributed by atoms with E-state index in [0.29, 0.717) is 23.6 Å². The van der Waals surface area contributed by atoms with Crippen molar-refractivity contribution >= 4 is 5.91 Å². The van der Waals surface area contributed by atoms with Crippen LogP contribution in [-0.4, -0.2) is 27.4 Å². The molecule has 1 amide bonds. The van der Waals surface area contributed by atoms with E-state index in [4.69, 9.17) is 5.73 Å². The quantitative estimate of drug-likeness (QED) is 0.797. The standard InChI is InChI=1S/C15H27N5O/c1-12(2)7-15(5-3-4-6-15)11-17-14(21)10-20-9-13(8-16)18-19-20/h9,12H,3-8,10-11,16H2,1-2H3,(H,17,21). The number of amides is 1. The Bertz CT molecular complexity index is 462. The van der Waals surface area contributed by atoms with E-state index in [-0.39, 0.29) is 12.5 Å². The molecule has 0 spiro atoms. The van der Waals surface area contributed by atoms with E-state index in [0.717, 1.165) is 6.54 Å². The summed E-state index contributed by atoms with van der Waals surface area (Å²) in [5.41, 5.74) is 6.49. The Labute approximate surface area is 126 Å². The van der Waals surface area contributed by atoms with Crippen LogP contribution in [0.1, 0.15) is 51.6 Å². The maximum atomic E-state index is 12.1. The Hall–Kier alpha value is -1.43. The molecule has 21 heavy (non-hydrogen) atoms. The Balaban J connectivity index is 1.84. The highest BCUT2D eigenvalue weighted by atomic mass is 16.2. The highest BCUT2D eigenvalue weighted by molar-refractivity contribution is 5.75. The van der Waals surface area contributed by atoms with Crippen molar-refractivity contribution in [1.29, 1.82) is 0 Å². The van der Waals surface area contributed by atoms with E-state index in [1.54, 1.807) is 10.9 Å². The van der Waals surface area contributed by atoms with Gasteiger partial charge in [-0.1, -0.05) is 31.9 Å². The summed E-state index contributed by atoms with van der Waals surface area (Å²) in [5, 5.41) is 10.9. The van der Waals surface area contributed by atoms with Crippen molar-refractivity contribution in [3.63, 3.8) is 0 Å². The first kappa shape index (κ1) is 15.9. The van der Waals surface area contributed by atoms with Gasteiger partial charge in [0.1, 0.15) is 6.54 Å². The van der Waals surface area contributed by atoms with Gasteiger partial charge in [0.15, 0.2) is 0 Å². The maximum Gasteiger partial charge on any atom is 0.241 e. The van der Waals surface area contributed by atoms with Crippen LogP contribution in [0.25, 0.3) is 0 Å². The Morgan fingerprint density at radius 2 is 2.19 bits per heavy atom. The van der Waals surface area contributed by atoms with Crippen LogP contribution < -0.4 is 11.1 Å². The number of aromatic nitrogens is 3. The van der Waals surface area contributed by atoms with Gasteiger partial charge in [-0.05, 0) is 30.6 Å². The first-order valence-corrected chi connectivity index (χ1v) is 7.89. The number of carbonyl (C=O) groups is 1. The molecule has 0 radical (unpaired) electrons. The van der Waals surface area contributed by atoms with E-state index in [1.165, 1.54) is 32.1 Å². The molecular weight excluding hydrogens is 266 g/mol. The topological polar surface area (TPSA) is 85.8 Å². The third-order valence-electron chi connectivity index (χ3n) is 4.27. The van der Waals surface area contributed by atoms with E-state index < -0.39 is 0 Å². The van der Waals surface area contributed by atoms with Gasteiger partial charge in [-0.25, -0.2) is 4.68 Å². The van der Waals surface area contributed by atoms with E-state index in [1.807, 2.05) is 0 Å². The zero-order valence-corrected chi connectivity index (χ0v) is 13.1. The van der Waals surface area contributed by atoms with Crippen LogP contribution in [-0.2, 0) is 17.9 Å². The second-order valence-electron chi connectivity index (χ2n) is 6.69. The largest absolute Gasteiger partial charge is 0.354 e. The lowest BCUT2D eigenvalue weighted by molar-refractivity contribution is -0.122. The molecule has 3 N–H and O–H groups in total. The molecule has 0 aromatic carbocycles. The fraction of sp³-hybridized carbons (Fsp3) is 0.800. The van der Waals surface area contributed by atoms with Crippen molar-refractivity contribution in [2.75, 3.05) is 6.54 Å². The molecule has 2 rings (SSSR count). The Morgan fingerprint density at radius 3 is 2.76 bits per heavy atom. The van der Waals surface area contributed by atoms with Crippen LogP contribution >= 0.6 is 0 Å². The summed E-state index contributed by atoms with van der Waals surface area (Å²) in [4.78, 5) is 12.1. The molecule has 1 fully saturated rings. The average molecular weight is 293 g/mol. The number of rotatable bonds is 7. The number of nitrogens with zero attached hydrogens (tertiary/aromatic N) is 3. The van der Waals surface area contributed by atoms with Gasteiger partial charge in [0.2, 0.25) is 5.91 Å². The van der Waals surface area contributed by atoms with Gasteiger partial charge in [-0.3, -0.25) is 4.79 Å². The molecule has 0 atom stereocenters. The molecule has 1 heterocycles. The SMILES string of the molecule is CC(C)CC1(CNC(=O)Cn2cc(CN)nn2)CCCC1. The van der Waals surface area contributed by atoms with Gasteiger partial charge in [0.05, 0.1) is 11.9 Å². The highest BCUT2D eigenvalue weighted by Gasteiger charge is 2.34. The third-order valence-corrected chi connectivity index (χ3v) is 4.27. The number of hydrogen-bond donors (Lipinski definition) is 2. The van der Waals surface area contributed by atoms with Gasteiger partial charge in [0, 0.05) is 13.1 Å². The summed E-state index contributed by atoms with van der Waals surface area (Å²) in [6.45, 7) is 5.85. The van der Waals surface area contributed by atoms with Crippen LogP contribution in [0.4, 0.5) is 0 Å². The van der Waals surface area contributed by atoms with Crippen LogP contribution in [0, 0.1) is 11.3 Å². The minimum absolute atomic E-state index is 0.00139. The first-order chi connectivity index (χ1) is 10.0. The molecule has 0 saturated heterocycles. The molecule has 0 unspecified atom stereocenters. The molecule has 0 aliphatic heterocycles. The first-order valence-electron chi connectivity index (χ1n) is 7.89.